The molecule has 4 heteroatoms. The van der Waals surface area contributed by atoms with Crippen LogP contribution in [0.2, 0.25) is 5.02 Å². The summed E-state index contributed by atoms with van der Waals surface area (Å²) in [5.74, 6) is 0. The fourth-order valence-corrected chi connectivity index (χ4v) is 3.13. The quantitative estimate of drug-likeness (QED) is 0.697. The van der Waals surface area contributed by atoms with Gasteiger partial charge in [-0.3, -0.25) is 4.98 Å². The van der Waals surface area contributed by atoms with E-state index >= 15 is 0 Å². The molecular formula is C16H15ClN2S. The number of hydrogen-bond acceptors (Lipinski definition) is 3. The van der Waals surface area contributed by atoms with Gasteiger partial charge < -0.3 is 5.32 Å². The van der Waals surface area contributed by atoms with E-state index in [2.05, 4.69) is 41.7 Å². The van der Waals surface area contributed by atoms with E-state index in [1.54, 1.807) is 11.3 Å². The molecule has 0 aliphatic carbocycles. The van der Waals surface area contributed by atoms with Crippen LogP contribution in [0, 0.1) is 6.92 Å². The van der Waals surface area contributed by atoms with E-state index in [-0.39, 0.29) is 6.04 Å². The smallest absolute Gasteiger partial charge is 0.0809 e. The van der Waals surface area contributed by atoms with Gasteiger partial charge in [-0.2, -0.15) is 0 Å². The summed E-state index contributed by atoms with van der Waals surface area (Å²) in [7, 11) is 0. The number of benzene rings is 1. The van der Waals surface area contributed by atoms with E-state index in [4.69, 9.17) is 11.6 Å². The number of pyridine rings is 1. The highest BCUT2D eigenvalue weighted by molar-refractivity contribution is 7.17. The molecule has 0 amide bonds. The third-order valence-corrected chi connectivity index (χ3v) is 4.50. The molecule has 3 aromatic rings. The normalized spacial score (nSPS) is 12.6. The standard InChI is InChI=1S/C16H15ClN2S/c1-10-3-4-13(17)15(7-10)19-11(2)12-8-16-14(18-9-12)5-6-20-16/h3-9,11,19H,1-2H3. The summed E-state index contributed by atoms with van der Waals surface area (Å²) in [5, 5.41) is 6.27. The largest absolute Gasteiger partial charge is 0.377 e. The fourth-order valence-electron chi connectivity index (χ4n) is 2.16. The molecule has 0 fully saturated rings. The summed E-state index contributed by atoms with van der Waals surface area (Å²) >= 11 is 7.94. The first-order chi connectivity index (χ1) is 9.63. The molecule has 0 spiro atoms. The minimum absolute atomic E-state index is 0.160. The van der Waals surface area contributed by atoms with Crippen LogP contribution in [0.5, 0.6) is 0 Å². The Morgan fingerprint density at radius 1 is 1.25 bits per heavy atom. The van der Waals surface area contributed by atoms with Crippen molar-refractivity contribution < 1.29 is 0 Å². The Bertz CT molecular complexity index is 751. The molecule has 0 saturated heterocycles. The van der Waals surface area contributed by atoms with Gasteiger partial charge in [-0.25, -0.2) is 0 Å². The molecule has 2 heterocycles. The number of fused-ring (bicyclic) bond motifs is 1. The van der Waals surface area contributed by atoms with E-state index < -0.39 is 0 Å². The summed E-state index contributed by atoms with van der Waals surface area (Å²) in [4.78, 5) is 4.48. The molecule has 1 unspecified atom stereocenters. The SMILES string of the molecule is Cc1ccc(Cl)c(NC(C)c2cnc3ccsc3c2)c1. The van der Waals surface area contributed by atoms with Gasteiger partial charge >= 0.3 is 0 Å². The van der Waals surface area contributed by atoms with Gasteiger partial charge in [0.15, 0.2) is 0 Å². The molecule has 1 N–H and O–H groups in total. The van der Waals surface area contributed by atoms with Gasteiger partial charge in [0.1, 0.15) is 0 Å². The van der Waals surface area contributed by atoms with Crippen molar-refractivity contribution in [1.29, 1.82) is 0 Å². The summed E-state index contributed by atoms with van der Waals surface area (Å²) in [5.41, 5.74) is 4.37. The van der Waals surface area contributed by atoms with Crippen LogP contribution >= 0.6 is 22.9 Å². The first-order valence-corrected chi connectivity index (χ1v) is 7.75. The van der Waals surface area contributed by atoms with Crippen LogP contribution in [0.15, 0.2) is 41.9 Å². The lowest BCUT2D eigenvalue weighted by Crippen LogP contribution is -2.07. The third kappa shape index (κ3) is 2.65. The monoisotopic (exact) mass is 302 g/mol. The Morgan fingerprint density at radius 2 is 2.10 bits per heavy atom. The summed E-state index contributed by atoms with van der Waals surface area (Å²) in [6.07, 6.45) is 1.93. The van der Waals surface area contributed by atoms with Crippen molar-refractivity contribution >= 4 is 38.8 Å². The molecule has 0 aliphatic rings. The predicted molar refractivity (Wildman–Crippen MR) is 87.8 cm³/mol. The van der Waals surface area contributed by atoms with Gasteiger partial charge in [0, 0.05) is 6.20 Å². The maximum absolute atomic E-state index is 6.23. The van der Waals surface area contributed by atoms with Crippen LogP contribution in [0.1, 0.15) is 24.1 Å². The number of anilines is 1. The van der Waals surface area contributed by atoms with Crippen molar-refractivity contribution in [2.24, 2.45) is 0 Å². The van der Waals surface area contributed by atoms with Gasteiger partial charge in [-0.05, 0) is 54.6 Å². The van der Waals surface area contributed by atoms with Crippen LogP contribution in [-0.2, 0) is 0 Å². The van der Waals surface area contributed by atoms with E-state index in [1.807, 2.05) is 24.4 Å². The van der Waals surface area contributed by atoms with Gasteiger partial charge in [-0.15, -0.1) is 11.3 Å². The topological polar surface area (TPSA) is 24.9 Å². The molecule has 2 aromatic heterocycles. The van der Waals surface area contributed by atoms with Crippen molar-refractivity contribution in [3.8, 4) is 0 Å². The molecule has 0 saturated carbocycles. The van der Waals surface area contributed by atoms with Crippen LogP contribution in [0.3, 0.4) is 0 Å². The van der Waals surface area contributed by atoms with Crippen molar-refractivity contribution in [1.82, 2.24) is 4.98 Å². The number of rotatable bonds is 3. The molecule has 0 bridgehead atoms. The Labute approximate surface area is 127 Å². The molecular weight excluding hydrogens is 288 g/mol. The Hall–Kier alpha value is -1.58. The van der Waals surface area contributed by atoms with Crippen molar-refractivity contribution in [2.75, 3.05) is 5.32 Å². The zero-order valence-electron chi connectivity index (χ0n) is 11.4. The second-order valence-electron chi connectivity index (χ2n) is 4.92. The molecule has 1 atom stereocenters. The van der Waals surface area contributed by atoms with Crippen molar-refractivity contribution in [3.05, 3.63) is 58.1 Å². The number of thiophene rings is 1. The maximum Gasteiger partial charge on any atom is 0.0809 e. The molecule has 3 rings (SSSR count). The fraction of sp³-hybridized carbons (Fsp3) is 0.188. The lowest BCUT2D eigenvalue weighted by atomic mass is 10.1. The number of nitrogens with zero attached hydrogens (tertiary/aromatic N) is 1. The molecule has 102 valence electrons. The first kappa shape index (κ1) is 13.4. The summed E-state index contributed by atoms with van der Waals surface area (Å²) in [6.45, 7) is 4.18. The Kier molecular flexibility index (Phi) is 3.64. The van der Waals surface area contributed by atoms with Crippen molar-refractivity contribution in [3.63, 3.8) is 0 Å². The average Bonchev–Trinajstić information content (AvgIpc) is 2.90. The number of hydrogen-bond donors (Lipinski definition) is 1. The van der Waals surface area contributed by atoms with E-state index in [0.29, 0.717) is 0 Å². The molecule has 0 aliphatic heterocycles. The number of nitrogens with one attached hydrogen (secondary N) is 1. The minimum atomic E-state index is 0.160. The van der Waals surface area contributed by atoms with Gasteiger partial charge in [0.25, 0.3) is 0 Å². The molecule has 1 aromatic carbocycles. The lowest BCUT2D eigenvalue weighted by molar-refractivity contribution is 0.880. The number of aromatic nitrogens is 1. The lowest BCUT2D eigenvalue weighted by Gasteiger charge is -2.17. The number of halogens is 1. The van der Waals surface area contributed by atoms with E-state index in [0.717, 1.165) is 21.8 Å². The van der Waals surface area contributed by atoms with Crippen molar-refractivity contribution in [2.45, 2.75) is 19.9 Å². The highest BCUT2D eigenvalue weighted by atomic mass is 35.5. The van der Waals surface area contributed by atoms with Crippen LogP contribution in [-0.4, -0.2) is 4.98 Å². The predicted octanol–water partition coefficient (Wildman–Crippen LogP) is 5.43. The molecule has 20 heavy (non-hydrogen) atoms. The van der Waals surface area contributed by atoms with Crippen LogP contribution < -0.4 is 5.32 Å². The van der Waals surface area contributed by atoms with Crippen LogP contribution in [0.4, 0.5) is 5.69 Å². The second-order valence-corrected chi connectivity index (χ2v) is 6.28. The van der Waals surface area contributed by atoms with E-state index in [1.165, 1.54) is 10.3 Å². The maximum atomic E-state index is 6.23. The summed E-state index contributed by atoms with van der Waals surface area (Å²) in [6, 6.07) is 10.4. The van der Waals surface area contributed by atoms with Gasteiger partial charge in [0.05, 0.1) is 27.0 Å². The number of aryl methyl sites for hydroxylation is 1. The minimum Gasteiger partial charge on any atom is -0.377 e. The molecule has 0 radical (unpaired) electrons. The Morgan fingerprint density at radius 3 is 2.95 bits per heavy atom. The highest BCUT2D eigenvalue weighted by Crippen LogP contribution is 2.28. The zero-order chi connectivity index (χ0) is 14.1. The molecule has 2 nitrogen and oxygen atoms in total. The Balaban J connectivity index is 1.88. The van der Waals surface area contributed by atoms with Gasteiger partial charge in [0.2, 0.25) is 0 Å². The highest BCUT2D eigenvalue weighted by Gasteiger charge is 2.09. The second kappa shape index (κ2) is 5.43. The zero-order valence-corrected chi connectivity index (χ0v) is 12.9. The average molecular weight is 303 g/mol. The van der Waals surface area contributed by atoms with Gasteiger partial charge in [-0.1, -0.05) is 17.7 Å². The van der Waals surface area contributed by atoms with E-state index in [9.17, 15) is 0 Å². The van der Waals surface area contributed by atoms with Crippen LogP contribution in [0.25, 0.3) is 10.2 Å². The first-order valence-electron chi connectivity index (χ1n) is 6.49. The summed E-state index contributed by atoms with van der Waals surface area (Å²) < 4.78 is 1.21. The third-order valence-electron chi connectivity index (χ3n) is 3.32.